The van der Waals surface area contributed by atoms with Crippen molar-refractivity contribution in [1.29, 1.82) is 0 Å². The summed E-state index contributed by atoms with van der Waals surface area (Å²) >= 11 is 0. The van der Waals surface area contributed by atoms with Crippen molar-refractivity contribution in [2.45, 2.75) is 26.2 Å². The van der Waals surface area contributed by atoms with Crippen molar-refractivity contribution in [3.63, 3.8) is 0 Å². The van der Waals surface area contributed by atoms with E-state index in [1.54, 1.807) is 24.5 Å². The highest BCUT2D eigenvalue weighted by Crippen LogP contribution is 2.19. The van der Waals surface area contributed by atoms with Gasteiger partial charge in [-0.05, 0) is 42.9 Å². The lowest BCUT2D eigenvalue weighted by Crippen LogP contribution is -2.34. The van der Waals surface area contributed by atoms with E-state index in [2.05, 4.69) is 27.1 Å². The summed E-state index contributed by atoms with van der Waals surface area (Å²) < 4.78 is 12.9. The quantitative estimate of drug-likeness (QED) is 0.908. The Morgan fingerprint density at radius 2 is 1.84 bits per heavy atom. The van der Waals surface area contributed by atoms with Gasteiger partial charge in [0.25, 0.3) is 5.91 Å². The topological polar surface area (TPSA) is 58.1 Å². The maximum absolute atomic E-state index is 12.9. The molecule has 6 heteroatoms. The molecule has 0 bridgehead atoms. The van der Waals surface area contributed by atoms with Crippen LogP contribution in [0.5, 0.6) is 0 Å². The molecule has 1 amide bonds. The molecular weight excluding hydrogens is 319 g/mol. The molecule has 2 aromatic rings. The summed E-state index contributed by atoms with van der Waals surface area (Å²) in [6, 6.07) is 6.29. The third kappa shape index (κ3) is 4.75. The lowest BCUT2D eigenvalue weighted by molar-refractivity contribution is 0.0953. The average Bonchev–Trinajstić information content (AvgIpc) is 2.64. The Kier molecular flexibility index (Phi) is 5.58. The fourth-order valence-corrected chi connectivity index (χ4v) is 2.88. The second kappa shape index (κ2) is 8.05. The summed E-state index contributed by atoms with van der Waals surface area (Å²) in [5.41, 5.74) is 1.43. The van der Waals surface area contributed by atoms with Gasteiger partial charge in [0.2, 0.25) is 5.95 Å². The molecule has 5 nitrogen and oxygen atoms in total. The Hall–Kier alpha value is -2.50. The van der Waals surface area contributed by atoms with E-state index >= 15 is 0 Å². The number of nitrogens with one attached hydrogen (secondary N) is 1. The molecular formula is C19H23FN4O. The van der Waals surface area contributed by atoms with E-state index in [1.165, 1.54) is 12.1 Å². The first-order valence-electron chi connectivity index (χ1n) is 8.71. The Morgan fingerprint density at radius 1 is 1.20 bits per heavy atom. The van der Waals surface area contributed by atoms with Crippen molar-refractivity contribution in [3.8, 4) is 0 Å². The molecule has 132 valence electrons. The van der Waals surface area contributed by atoms with E-state index in [4.69, 9.17) is 0 Å². The second-order valence-electron chi connectivity index (χ2n) is 6.57. The molecule has 25 heavy (non-hydrogen) atoms. The molecule has 1 aromatic heterocycles. The Balaban J connectivity index is 1.49. The molecule has 1 aliphatic heterocycles. The third-order valence-electron chi connectivity index (χ3n) is 4.58. The average molecular weight is 342 g/mol. The minimum atomic E-state index is -0.256. The molecule has 2 heterocycles. The van der Waals surface area contributed by atoms with Gasteiger partial charge in [0.05, 0.1) is 5.56 Å². The summed E-state index contributed by atoms with van der Waals surface area (Å²) in [6.45, 7) is 4.67. The van der Waals surface area contributed by atoms with Gasteiger partial charge >= 0.3 is 0 Å². The predicted octanol–water partition coefficient (Wildman–Crippen LogP) is 2.82. The maximum atomic E-state index is 12.9. The molecule has 0 saturated carbocycles. The molecule has 1 fully saturated rings. The van der Waals surface area contributed by atoms with E-state index in [9.17, 15) is 9.18 Å². The van der Waals surface area contributed by atoms with Gasteiger partial charge in [-0.1, -0.05) is 19.1 Å². The van der Waals surface area contributed by atoms with Gasteiger partial charge in [-0.25, -0.2) is 14.4 Å². The number of carbonyl (C=O) groups is 1. The van der Waals surface area contributed by atoms with Gasteiger partial charge < -0.3 is 10.2 Å². The number of nitrogens with zero attached hydrogens (tertiary/aromatic N) is 3. The number of hydrogen-bond donors (Lipinski definition) is 1. The number of carbonyl (C=O) groups excluding carboxylic acids is 1. The Bertz CT molecular complexity index is 694. The van der Waals surface area contributed by atoms with Crippen LogP contribution in [0.3, 0.4) is 0 Å². The van der Waals surface area contributed by atoms with Gasteiger partial charge in [-0.2, -0.15) is 0 Å². The van der Waals surface area contributed by atoms with Gasteiger partial charge in [0.15, 0.2) is 0 Å². The SMILES string of the molecule is CC1CCN(c2ncc(C(=O)NCCc3ccc(F)cc3)cn2)CC1. The third-order valence-corrected chi connectivity index (χ3v) is 4.58. The van der Waals surface area contributed by atoms with Crippen molar-refractivity contribution in [2.75, 3.05) is 24.5 Å². The number of rotatable bonds is 5. The van der Waals surface area contributed by atoms with E-state index in [-0.39, 0.29) is 11.7 Å². The van der Waals surface area contributed by atoms with Crippen LogP contribution in [0.1, 0.15) is 35.7 Å². The molecule has 0 unspecified atom stereocenters. The molecule has 3 rings (SSSR count). The predicted molar refractivity (Wildman–Crippen MR) is 95.1 cm³/mol. The maximum Gasteiger partial charge on any atom is 0.254 e. The Labute approximate surface area is 147 Å². The first-order valence-corrected chi connectivity index (χ1v) is 8.71. The smallest absolute Gasteiger partial charge is 0.254 e. The van der Waals surface area contributed by atoms with Crippen LogP contribution in [0.2, 0.25) is 0 Å². The molecule has 1 aromatic carbocycles. The molecule has 0 spiro atoms. The summed E-state index contributed by atoms with van der Waals surface area (Å²) in [6.07, 6.45) is 6.10. The van der Waals surface area contributed by atoms with Crippen molar-refractivity contribution < 1.29 is 9.18 Å². The lowest BCUT2D eigenvalue weighted by atomic mass is 10.00. The first-order chi connectivity index (χ1) is 12.1. The van der Waals surface area contributed by atoms with Crippen molar-refractivity contribution in [3.05, 3.63) is 53.6 Å². The number of halogens is 1. The van der Waals surface area contributed by atoms with Gasteiger partial charge in [0, 0.05) is 32.0 Å². The normalized spacial score (nSPS) is 15.2. The molecule has 0 atom stereocenters. The minimum Gasteiger partial charge on any atom is -0.352 e. The van der Waals surface area contributed by atoms with Crippen LogP contribution in [0, 0.1) is 11.7 Å². The van der Waals surface area contributed by atoms with E-state index in [0.717, 1.165) is 37.4 Å². The molecule has 0 aliphatic carbocycles. The first kappa shape index (κ1) is 17.3. The van der Waals surface area contributed by atoms with Crippen molar-refractivity contribution in [2.24, 2.45) is 5.92 Å². The fourth-order valence-electron chi connectivity index (χ4n) is 2.88. The van der Waals surface area contributed by atoms with E-state index < -0.39 is 0 Å². The van der Waals surface area contributed by atoms with E-state index in [0.29, 0.717) is 24.5 Å². The van der Waals surface area contributed by atoms with Crippen LogP contribution in [-0.4, -0.2) is 35.5 Å². The standard InChI is InChI=1S/C19H23FN4O/c1-14-7-10-24(11-8-14)19-22-12-16(13-23-19)18(25)21-9-6-15-2-4-17(20)5-3-15/h2-5,12-14H,6-11H2,1H3,(H,21,25). The van der Waals surface area contributed by atoms with Crippen LogP contribution in [0.25, 0.3) is 0 Å². The molecule has 1 N–H and O–H groups in total. The number of hydrogen-bond acceptors (Lipinski definition) is 4. The zero-order valence-corrected chi connectivity index (χ0v) is 14.4. The molecule has 1 saturated heterocycles. The molecule has 0 radical (unpaired) electrons. The van der Waals surface area contributed by atoms with E-state index in [1.807, 2.05) is 0 Å². The van der Waals surface area contributed by atoms with Crippen LogP contribution in [0.15, 0.2) is 36.7 Å². The molecule has 1 aliphatic rings. The van der Waals surface area contributed by atoms with Crippen molar-refractivity contribution in [1.82, 2.24) is 15.3 Å². The highest BCUT2D eigenvalue weighted by Gasteiger charge is 2.18. The summed E-state index contributed by atoms with van der Waals surface area (Å²) in [5, 5.41) is 2.84. The zero-order valence-electron chi connectivity index (χ0n) is 14.4. The minimum absolute atomic E-state index is 0.194. The number of piperidine rings is 1. The summed E-state index contributed by atoms with van der Waals surface area (Å²) in [4.78, 5) is 23.0. The highest BCUT2D eigenvalue weighted by molar-refractivity contribution is 5.93. The largest absolute Gasteiger partial charge is 0.352 e. The number of amides is 1. The van der Waals surface area contributed by atoms with Gasteiger partial charge in [0.1, 0.15) is 5.82 Å². The number of anilines is 1. The fraction of sp³-hybridized carbons (Fsp3) is 0.421. The number of aromatic nitrogens is 2. The highest BCUT2D eigenvalue weighted by atomic mass is 19.1. The van der Waals surface area contributed by atoms with Crippen LogP contribution in [0.4, 0.5) is 10.3 Å². The van der Waals surface area contributed by atoms with Crippen LogP contribution < -0.4 is 10.2 Å². The van der Waals surface area contributed by atoms with Gasteiger partial charge in [-0.15, -0.1) is 0 Å². The Morgan fingerprint density at radius 3 is 2.48 bits per heavy atom. The van der Waals surface area contributed by atoms with Crippen LogP contribution >= 0.6 is 0 Å². The zero-order chi connectivity index (χ0) is 17.6. The van der Waals surface area contributed by atoms with Crippen LogP contribution in [-0.2, 0) is 6.42 Å². The van der Waals surface area contributed by atoms with Crippen molar-refractivity contribution >= 4 is 11.9 Å². The monoisotopic (exact) mass is 342 g/mol. The number of benzene rings is 1. The van der Waals surface area contributed by atoms with Gasteiger partial charge in [-0.3, -0.25) is 4.79 Å². The summed E-state index contributed by atoms with van der Waals surface area (Å²) in [7, 11) is 0. The lowest BCUT2D eigenvalue weighted by Gasteiger charge is -2.30. The second-order valence-corrected chi connectivity index (χ2v) is 6.57. The summed E-state index contributed by atoms with van der Waals surface area (Å²) in [5.74, 6) is 0.992.